The summed E-state index contributed by atoms with van der Waals surface area (Å²) in [5.74, 6) is 1.69. The Bertz CT molecular complexity index is 928. The molecular weight excluding hydrogens is 366 g/mol. The predicted molar refractivity (Wildman–Crippen MR) is 117 cm³/mol. The van der Waals surface area contributed by atoms with E-state index < -0.39 is 0 Å². The van der Waals surface area contributed by atoms with Crippen LogP contribution < -0.4 is 4.74 Å². The van der Waals surface area contributed by atoms with Crippen LogP contribution in [0.4, 0.5) is 0 Å². The van der Waals surface area contributed by atoms with Gasteiger partial charge in [-0.1, -0.05) is 62.9 Å². The topological polar surface area (TPSA) is 42.8 Å². The summed E-state index contributed by atoms with van der Waals surface area (Å²) >= 11 is 5.45. The molecule has 3 aromatic rings. The number of aryl methyl sites for hydroxylation is 1. The molecule has 5 heteroatoms. The minimum absolute atomic E-state index is 0.590. The van der Waals surface area contributed by atoms with Crippen molar-refractivity contribution < 1.29 is 4.74 Å². The summed E-state index contributed by atoms with van der Waals surface area (Å²) < 4.78 is 7.90. The highest BCUT2D eigenvalue weighted by Crippen LogP contribution is 2.20. The van der Waals surface area contributed by atoms with Gasteiger partial charge in [-0.05, 0) is 48.3 Å². The Hall–Kier alpha value is -2.40. The highest BCUT2D eigenvalue weighted by atomic mass is 32.1. The average molecular weight is 396 g/mol. The van der Waals surface area contributed by atoms with E-state index in [1.807, 2.05) is 28.8 Å². The highest BCUT2D eigenvalue weighted by Gasteiger charge is 2.10. The van der Waals surface area contributed by atoms with Gasteiger partial charge in [-0.25, -0.2) is 0 Å². The molecular formula is C23H29N3OS. The molecule has 0 aliphatic rings. The van der Waals surface area contributed by atoms with Crippen molar-refractivity contribution in [3.8, 4) is 11.4 Å². The van der Waals surface area contributed by atoms with Crippen LogP contribution in [0, 0.1) is 4.77 Å². The Morgan fingerprint density at radius 2 is 1.75 bits per heavy atom. The Morgan fingerprint density at radius 1 is 1.00 bits per heavy atom. The fourth-order valence-corrected chi connectivity index (χ4v) is 3.66. The van der Waals surface area contributed by atoms with Crippen LogP contribution in [-0.4, -0.2) is 21.9 Å². The number of methoxy groups -OCH3 is 1. The van der Waals surface area contributed by atoms with Gasteiger partial charge in [-0.15, -0.1) is 0 Å². The van der Waals surface area contributed by atoms with Crippen LogP contribution in [0.15, 0.2) is 48.5 Å². The van der Waals surface area contributed by atoms with Crippen LogP contribution >= 0.6 is 12.2 Å². The van der Waals surface area contributed by atoms with Gasteiger partial charge in [0.1, 0.15) is 11.6 Å². The molecule has 0 aliphatic heterocycles. The number of benzene rings is 2. The Labute approximate surface area is 172 Å². The van der Waals surface area contributed by atoms with Crippen molar-refractivity contribution in [2.45, 2.75) is 51.9 Å². The smallest absolute Gasteiger partial charge is 0.199 e. The Morgan fingerprint density at radius 3 is 2.50 bits per heavy atom. The van der Waals surface area contributed by atoms with E-state index in [0.717, 1.165) is 30.1 Å². The number of rotatable bonds is 10. The van der Waals surface area contributed by atoms with Crippen LogP contribution in [0.1, 0.15) is 56.0 Å². The summed E-state index contributed by atoms with van der Waals surface area (Å²) in [6.45, 7) is 2.25. The third-order valence-corrected chi connectivity index (χ3v) is 5.28. The van der Waals surface area contributed by atoms with E-state index in [-0.39, 0.29) is 0 Å². The molecule has 148 valence electrons. The Balaban J connectivity index is 1.68. The number of nitrogens with zero attached hydrogens (tertiary/aromatic N) is 2. The zero-order chi connectivity index (χ0) is 19.8. The van der Waals surface area contributed by atoms with E-state index in [2.05, 4.69) is 41.4 Å². The second-order valence-electron chi connectivity index (χ2n) is 7.14. The zero-order valence-electron chi connectivity index (χ0n) is 16.8. The zero-order valence-corrected chi connectivity index (χ0v) is 17.6. The van der Waals surface area contributed by atoms with Crippen molar-refractivity contribution in [1.82, 2.24) is 14.8 Å². The van der Waals surface area contributed by atoms with Gasteiger partial charge in [0.05, 0.1) is 12.8 Å². The van der Waals surface area contributed by atoms with Crippen molar-refractivity contribution in [1.29, 1.82) is 0 Å². The van der Waals surface area contributed by atoms with Crippen molar-refractivity contribution >= 4 is 12.2 Å². The minimum Gasteiger partial charge on any atom is -0.497 e. The van der Waals surface area contributed by atoms with Crippen molar-refractivity contribution in [2.75, 3.05) is 7.11 Å². The molecule has 0 spiro atoms. The summed E-state index contributed by atoms with van der Waals surface area (Å²) in [6.07, 6.45) is 8.47. The van der Waals surface area contributed by atoms with Crippen LogP contribution in [0.25, 0.3) is 5.69 Å². The molecule has 0 unspecified atom stereocenters. The van der Waals surface area contributed by atoms with Crippen molar-refractivity contribution in [3.05, 3.63) is 70.3 Å². The highest BCUT2D eigenvalue weighted by molar-refractivity contribution is 7.71. The SMILES string of the molecule is CCCCCCCc1ccc(Cc2n[nH]c(=S)n2-c2cccc(OC)c2)cc1. The molecule has 0 saturated carbocycles. The van der Waals surface area contributed by atoms with Gasteiger partial charge in [0.15, 0.2) is 4.77 Å². The van der Waals surface area contributed by atoms with Crippen molar-refractivity contribution in [3.63, 3.8) is 0 Å². The number of unbranched alkanes of at least 4 members (excludes halogenated alkanes) is 4. The molecule has 0 saturated heterocycles. The molecule has 0 radical (unpaired) electrons. The second kappa shape index (κ2) is 10.2. The molecule has 0 fully saturated rings. The van der Waals surface area contributed by atoms with E-state index in [9.17, 15) is 0 Å². The van der Waals surface area contributed by atoms with Crippen LogP contribution in [0.5, 0.6) is 5.75 Å². The normalized spacial score (nSPS) is 10.9. The largest absolute Gasteiger partial charge is 0.497 e. The van der Waals surface area contributed by atoms with Gasteiger partial charge in [0, 0.05) is 12.5 Å². The maximum absolute atomic E-state index is 5.45. The maximum Gasteiger partial charge on any atom is 0.199 e. The standard InChI is InChI=1S/C23H29N3OS/c1-3-4-5-6-7-9-18-12-14-19(15-13-18)16-22-24-25-23(28)26(22)20-10-8-11-21(17-20)27-2/h8,10-15,17H,3-7,9,16H2,1-2H3,(H,25,28). The molecule has 28 heavy (non-hydrogen) atoms. The van der Waals surface area contributed by atoms with E-state index in [1.54, 1.807) is 7.11 Å². The fraction of sp³-hybridized carbons (Fsp3) is 0.391. The third-order valence-electron chi connectivity index (χ3n) is 5.01. The molecule has 1 heterocycles. The molecule has 1 N–H and O–H groups in total. The maximum atomic E-state index is 5.45. The molecule has 4 nitrogen and oxygen atoms in total. The van der Waals surface area contributed by atoms with E-state index in [1.165, 1.54) is 43.2 Å². The number of hydrogen-bond donors (Lipinski definition) is 1. The first-order valence-electron chi connectivity index (χ1n) is 10.1. The third kappa shape index (κ3) is 5.32. The van der Waals surface area contributed by atoms with E-state index in [0.29, 0.717) is 4.77 Å². The molecule has 0 amide bonds. The van der Waals surface area contributed by atoms with Crippen LogP contribution in [0.2, 0.25) is 0 Å². The molecule has 2 aromatic carbocycles. The molecule has 0 aliphatic carbocycles. The predicted octanol–water partition coefficient (Wildman–Crippen LogP) is 6.04. The lowest BCUT2D eigenvalue weighted by Crippen LogP contribution is -2.03. The van der Waals surface area contributed by atoms with Gasteiger partial charge in [-0.2, -0.15) is 5.10 Å². The first-order valence-corrected chi connectivity index (χ1v) is 10.5. The monoisotopic (exact) mass is 395 g/mol. The first-order chi connectivity index (χ1) is 13.7. The summed E-state index contributed by atoms with van der Waals surface area (Å²) in [5.41, 5.74) is 3.59. The quantitative estimate of drug-likeness (QED) is 0.336. The molecule has 0 atom stereocenters. The van der Waals surface area contributed by atoms with Gasteiger partial charge in [-0.3, -0.25) is 9.67 Å². The van der Waals surface area contributed by atoms with Crippen LogP contribution in [0.3, 0.4) is 0 Å². The van der Waals surface area contributed by atoms with Crippen molar-refractivity contribution in [2.24, 2.45) is 0 Å². The lowest BCUT2D eigenvalue weighted by molar-refractivity contribution is 0.414. The number of hydrogen-bond acceptors (Lipinski definition) is 3. The lowest BCUT2D eigenvalue weighted by atomic mass is 10.0. The number of aromatic amines is 1. The lowest BCUT2D eigenvalue weighted by Gasteiger charge is -2.09. The fourth-order valence-electron chi connectivity index (χ4n) is 3.40. The van der Waals surface area contributed by atoms with Gasteiger partial charge in [0.25, 0.3) is 0 Å². The van der Waals surface area contributed by atoms with E-state index in [4.69, 9.17) is 17.0 Å². The van der Waals surface area contributed by atoms with E-state index >= 15 is 0 Å². The summed E-state index contributed by atoms with van der Waals surface area (Å²) in [4.78, 5) is 0. The molecule has 3 rings (SSSR count). The van der Waals surface area contributed by atoms with Gasteiger partial charge in [0.2, 0.25) is 0 Å². The van der Waals surface area contributed by atoms with Gasteiger partial charge < -0.3 is 4.74 Å². The number of ether oxygens (including phenoxy) is 1. The summed E-state index contributed by atoms with van der Waals surface area (Å²) in [5, 5.41) is 7.37. The molecule has 0 bridgehead atoms. The van der Waals surface area contributed by atoms with Gasteiger partial charge >= 0.3 is 0 Å². The Kier molecular flexibility index (Phi) is 7.43. The number of H-pyrrole nitrogens is 1. The number of nitrogens with one attached hydrogen (secondary N) is 1. The minimum atomic E-state index is 0.590. The summed E-state index contributed by atoms with van der Waals surface area (Å²) in [7, 11) is 1.67. The number of aromatic nitrogens is 3. The van der Waals surface area contributed by atoms with Crippen LogP contribution in [-0.2, 0) is 12.8 Å². The second-order valence-corrected chi connectivity index (χ2v) is 7.53. The average Bonchev–Trinajstić information content (AvgIpc) is 3.09. The summed E-state index contributed by atoms with van der Waals surface area (Å²) in [6, 6.07) is 16.8. The molecule has 1 aromatic heterocycles. The first kappa shape index (κ1) is 20.3.